The molecule has 1 aliphatic carbocycles. The van der Waals surface area contributed by atoms with Gasteiger partial charge in [-0.3, -0.25) is 4.90 Å². The van der Waals surface area contributed by atoms with Crippen LogP contribution in [0.3, 0.4) is 0 Å². The zero-order valence-corrected chi connectivity index (χ0v) is 15.7. The number of ether oxygens (including phenoxy) is 3. The van der Waals surface area contributed by atoms with Gasteiger partial charge in [0, 0.05) is 0 Å². The van der Waals surface area contributed by atoms with Gasteiger partial charge in [0.1, 0.15) is 5.60 Å². The number of amides is 1. The normalized spacial score (nSPS) is 29.4. The Morgan fingerprint density at radius 3 is 2.60 bits per heavy atom. The molecule has 2 fully saturated rings. The van der Waals surface area contributed by atoms with Gasteiger partial charge in [-0.15, -0.1) is 0 Å². The maximum absolute atomic E-state index is 12.7. The second kappa shape index (κ2) is 6.96. The molecule has 3 rings (SSSR count). The van der Waals surface area contributed by atoms with E-state index in [9.17, 15) is 4.79 Å². The van der Waals surface area contributed by atoms with E-state index in [-0.39, 0.29) is 23.8 Å². The van der Waals surface area contributed by atoms with Gasteiger partial charge < -0.3 is 14.2 Å². The van der Waals surface area contributed by atoms with Crippen LogP contribution in [-0.4, -0.2) is 47.5 Å². The summed E-state index contributed by atoms with van der Waals surface area (Å²) in [5.41, 5.74) is 0.393. The Morgan fingerprint density at radius 2 is 1.96 bits per heavy atom. The third-order valence-electron chi connectivity index (χ3n) is 4.81. The first-order valence-corrected chi connectivity index (χ1v) is 9.05. The molecule has 1 aromatic carbocycles. The monoisotopic (exact) mass is 347 g/mol. The summed E-state index contributed by atoms with van der Waals surface area (Å²) in [6.45, 7) is 9.41. The molecule has 2 aliphatic rings. The Kier molecular flexibility index (Phi) is 5.07. The second-order valence-corrected chi connectivity index (χ2v) is 8.26. The first-order valence-electron chi connectivity index (χ1n) is 9.05. The van der Waals surface area contributed by atoms with Crippen LogP contribution in [0, 0.1) is 0 Å². The predicted octanol–water partition coefficient (Wildman–Crippen LogP) is 3.76. The minimum Gasteiger partial charge on any atom is -0.444 e. The molecule has 1 saturated carbocycles. The molecule has 1 atom stereocenters. The SMILES string of the molecule is C[C@@H]1CN(C(=O)OC(C)(C)C)C2(CO1)CC(OCc1ccccc1)C2. The zero-order chi connectivity index (χ0) is 18.1. The lowest BCUT2D eigenvalue weighted by Crippen LogP contribution is -2.68. The van der Waals surface area contributed by atoms with E-state index in [0.717, 1.165) is 12.8 Å². The second-order valence-electron chi connectivity index (χ2n) is 8.26. The minimum atomic E-state index is -0.493. The molecular formula is C20H29NO4. The molecule has 1 amide bonds. The van der Waals surface area contributed by atoms with Gasteiger partial charge in [-0.1, -0.05) is 30.3 Å². The van der Waals surface area contributed by atoms with Crippen molar-refractivity contribution in [1.82, 2.24) is 4.90 Å². The number of hydrogen-bond donors (Lipinski definition) is 0. The van der Waals surface area contributed by atoms with Crippen LogP contribution in [0.15, 0.2) is 30.3 Å². The molecule has 1 heterocycles. The lowest BCUT2D eigenvalue weighted by atomic mass is 9.72. The van der Waals surface area contributed by atoms with E-state index >= 15 is 0 Å². The average Bonchev–Trinajstić information content (AvgIpc) is 2.51. The molecule has 5 nitrogen and oxygen atoms in total. The molecule has 0 radical (unpaired) electrons. The molecule has 138 valence electrons. The Morgan fingerprint density at radius 1 is 1.28 bits per heavy atom. The largest absolute Gasteiger partial charge is 0.444 e. The van der Waals surface area contributed by atoms with Gasteiger partial charge in [-0.25, -0.2) is 4.79 Å². The van der Waals surface area contributed by atoms with E-state index < -0.39 is 5.60 Å². The van der Waals surface area contributed by atoms with Crippen molar-refractivity contribution in [3.63, 3.8) is 0 Å². The number of carbonyl (C=O) groups is 1. The van der Waals surface area contributed by atoms with Crippen LogP contribution in [-0.2, 0) is 20.8 Å². The minimum absolute atomic E-state index is 0.0300. The van der Waals surface area contributed by atoms with Crippen LogP contribution in [0.4, 0.5) is 4.79 Å². The van der Waals surface area contributed by atoms with E-state index in [1.54, 1.807) is 0 Å². The number of hydrogen-bond acceptors (Lipinski definition) is 4. The molecule has 1 saturated heterocycles. The summed E-state index contributed by atoms with van der Waals surface area (Å²) in [5.74, 6) is 0. The summed E-state index contributed by atoms with van der Waals surface area (Å²) < 4.78 is 17.5. The zero-order valence-electron chi connectivity index (χ0n) is 15.7. The van der Waals surface area contributed by atoms with Crippen molar-refractivity contribution < 1.29 is 19.0 Å². The smallest absolute Gasteiger partial charge is 0.410 e. The van der Waals surface area contributed by atoms with E-state index in [2.05, 4.69) is 12.1 Å². The van der Waals surface area contributed by atoms with Crippen LogP contribution in [0.5, 0.6) is 0 Å². The van der Waals surface area contributed by atoms with Gasteiger partial charge in [-0.2, -0.15) is 0 Å². The topological polar surface area (TPSA) is 48.0 Å². The lowest BCUT2D eigenvalue weighted by molar-refractivity contribution is -0.178. The third kappa shape index (κ3) is 4.33. The van der Waals surface area contributed by atoms with Gasteiger partial charge in [0.15, 0.2) is 0 Å². The van der Waals surface area contributed by atoms with Crippen molar-refractivity contribution in [2.24, 2.45) is 0 Å². The molecular weight excluding hydrogens is 318 g/mol. The van der Waals surface area contributed by atoms with Crippen LogP contribution in [0.1, 0.15) is 46.1 Å². The van der Waals surface area contributed by atoms with Crippen LogP contribution in [0.25, 0.3) is 0 Å². The molecule has 25 heavy (non-hydrogen) atoms. The highest BCUT2D eigenvalue weighted by Gasteiger charge is 2.54. The molecule has 0 aromatic heterocycles. The quantitative estimate of drug-likeness (QED) is 0.835. The summed E-state index contributed by atoms with van der Waals surface area (Å²) in [5, 5.41) is 0. The first-order chi connectivity index (χ1) is 11.8. The molecule has 0 unspecified atom stereocenters. The molecule has 5 heteroatoms. The van der Waals surface area contributed by atoms with Crippen LogP contribution in [0.2, 0.25) is 0 Å². The maximum atomic E-state index is 12.7. The van der Waals surface area contributed by atoms with Crippen molar-refractivity contribution in [3.05, 3.63) is 35.9 Å². The fraction of sp³-hybridized carbons (Fsp3) is 0.650. The summed E-state index contributed by atoms with van der Waals surface area (Å²) in [7, 11) is 0. The number of nitrogens with zero attached hydrogens (tertiary/aromatic N) is 1. The highest BCUT2D eigenvalue weighted by atomic mass is 16.6. The summed E-state index contributed by atoms with van der Waals surface area (Å²) in [6, 6.07) is 10.2. The lowest BCUT2D eigenvalue weighted by Gasteiger charge is -2.56. The number of morpholine rings is 1. The fourth-order valence-corrected chi connectivity index (χ4v) is 3.50. The first kappa shape index (κ1) is 18.2. The predicted molar refractivity (Wildman–Crippen MR) is 95.3 cm³/mol. The van der Waals surface area contributed by atoms with Gasteiger partial charge >= 0.3 is 6.09 Å². The third-order valence-corrected chi connectivity index (χ3v) is 4.81. The number of carbonyl (C=O) groups excluding carboxylic acids is 1. The molecule has 1 aromatic rings. The summed E-state index contributed by atoms with van der Waals surface area (Å²) in [4.78, 5) is 14.5. The summed E-state index contributed by atoms with van der Waals surface area (Å²) in [6.07, 6.45) is 1.53. The molecule has 1 aliphatic heterocycles. The van der Waals surface area contributed by atoms with E-state index in [1.165, 1.54) is 5.56 Å². The Bertz CT molecular complexity index is 589. The Labute approximate surface area is 150 Å². The molecule has 0 bridgehead atoms. The average molecular weight is 347 g/mol. The number of benzene rings is 1. The van der Waals surface area contributed by atoms with Crippen molar-refractivity contribution in [1.29, 1.82) is 0 Å². The van der Waals surface area contributed by atoms with Crippen molar-refractivity contribution in [3.8, 4) is 0 Å². The van der Waals surface area contributed by atoms with Gasteiger partial charge in [-0.05, 0) is 46.1 Å². The molecule has 0 N–H and O–H groups in total. The van der Waals surface area contributed by atoms with Gasteiger partial charge in [0.2, 0.25) is 0 Å². The van der Waals surface area contributed by atoms with E-state index in [0.29, 0.717) is 19.8 Å². The van der Waals surface area contributed by atoms with Crippen LogP contribution >= 0.6 is 0 Å². The summed E-state index contributed by atoms with van der Waals surface area (Å²) >= 11 is 0. The van der Waals surface area contributed by atoms with E-state index in [1.807, 2.05) is 50.8 Å². The maximum Gasteiger partial charge on any atom is 0.410 e. The van der Waals surface area contributed by atoms with Crippen molar-refractivity contribution in [2.45, 2.75) is 70.5 Å². The van der Waals surface area contributed by atoms with Crippen LogP contribution < -0.4 is 0 Å². The Balaban J connectivity index is 1.59. The van der Waals surface area contributed by atoms with E-state index in [4.69, 9.17) is 14.2 Å². The van der Waals surface area contributed by atoms with Crippen molar-refractivity contribution in [2.75, 3.05) is 13.2 Å². The van der Waals surface area contributed by atoms with Gasteiger partial charge in [0.25, 0.3) is 0 Å². The highest BCUT2D eigenvalue weighted by molar-refractivity contribution is 5.70. The van der Waals surface area contributed by atoms with Crippen molar-refractivity contribution >= 4 is 6.09 Å². The highest BCUT2D eigenvalue weighted by Crippen LogP contribution is 2.43. The molecule has 1 spiro atoms. The fourth-order valence-electron chi connectivity index (χ4n) is 3.50. The number of rotatable bonds is 3. The Hall–Kier alpha value is -1.59. The van der Waals surface area contributed by atoms with Gasteiger partial charge in [0.05, 0.1) is 37.5 Å². The standard InChI is InChI=1S/C20H29NO4/c1-15-12-21(18(22)25-19(2,3)4)20(14-24-15)10-17(11-20)23-13-16-8-6-5-7-9-16/h5-9,15,17H,10-14H2,1-4H3/t15-,17?,20?/m1/s1.